The second-order valence-corrected chi connectivity index (χ2v) is 7.11. The number of anilines is 1. The molecule has 7 nitrogen and oxygen atoms in total. The summed E-state index contributed by atoms with van der Waals surface area (Å²) in [5.74, 6) is 2.34. The van der Waals surface area contributed by atoms with E-state index in [1.165, 1.54) is 11.3 Å². The van der Waals surface area contributed by atoms with Crippen LogP contribution >= 0.6 is 11.3 Å². The Kier molecular flexibility index (Phi) is 4.25. The Morgan fingerprint density at radius 1 is 1.00 bits per heavy atom. The molecule has 3 heterocycles. The van der Waals surface area contributed by atoms with Crippen molar-refractivity contribution in [2.24, 2.45) is 0 Å². The highest BCUT2D eigenvalue weighted by molar-refractivity contribution is 7.14. The molecule has 2 aliphatic heterocycles. The monoisotopic (exact) mass is 396 g/mol. The van der Waals surface area contributed by atoms with Gasteiger partial charge in [-0.25, -0.2) is 4.98 Å². The molecule has 5 rings (SSSR count). The van der Waals surface area contributed by atoms with Gasteiger partial charge in [0.1, 0.15) is 19.8 Å². The maximum atomic E-state index is 12.5. The number of para-hydroxylation sites is 2. The van der Waals surface area contributed by atoms with E-state index >= 15 is 0 Å². The van der Waals surface area contributed by atoms with Crippen LogP contribution in [0.25, 0.3) is 11.3 Å². The van der Waals surface area contributed by atoms with E-state index < -0.39 is 6.10 Å². The summed E-state index contributed by atoms with van der Waals surface area (Å²) in [7, 11) is 0. The van der Waals surface area contributed by atoms with E-state index in [-0.39, 0.29) is 12.5 Å². The van der Waals surface area contributed by atoms with Crippen LogP contribution in [-0.2, 0) is 4.79 Å². The molecule has 1 aromatic heterocycles. The van der Waals surface area contributed by atoms with Crippen LogP contribution in [0.15, 0.2) is 47.8 Å². The summed E-state index contributed by atoms with van der Waals surface area (Å²) in [6.07, 6.45) is -0.725. The number of hydrogen-bond donors (Lipinski definition) is 1. The Morgan fingerprint density at radius 3 is 2.68 bits per heavy atom. The lowest BCUT2D eigenvalue weighted by atomic mass is 10.1. The fraction of sp³-hybridized carbons (Fsp3) is 0.200. The van der Waals surface area contributed by atoms with Gasteiger partial charge in [0, 0.05) is 10.9 Å². The Balaban J connectivity index is 1.29. The average Bonchev–Trinajstić information content (AvgIpc) is 3.21. The zero-order valence-corrected chi connectivity index (χ0v) is 15.5. The maximum Gasteiger partial charge on any atom is 0.270 e. The van der Waals surface area contributed by atoms with Crippen molar-refractivity contribution in [2.45, 2.75) is 6.10 Å². The van der Waals surface area contributed by atoms with Gasteiger partial charge >= 0.3 is 0 Å². The van der Waals surface area contributed by atoms with E-state index in [1.54, 1.807) is 6.07 Å². The predicted octanol–water partition coefficient (Wildman–Crippen LogP) is 3.36. The Labute approximate surface area is 164 Å². The molecule has 8 heteroatoms. The topological polar surface area (TPSA) is 78.9 Å². The van der Waals surface area contributed by atoms with E-state index in [4.69, 9.17) is 18.9 Å². The molecule has 1 unspecified atom stereocenters. The molecule has 0 saturated carbocycles. The number of thiazole rings is 1. The lowest BCUT2D eigenvalue weighted by molar-refractivity contribution is -0.125. The van der Waals surface area contributed by atoms with Crippen LogP contribution in [0.1, 0.15) is 0 Å². The summed E-state index contributed by atoms with van der Waals surface area (Å²) >= 11 is 1.35. The van der Waals surface area contributed by atoms with Crippen molar-refractivity contribution >= 4 is 22.4 Å². The minimum absolute atomic E-state index is 0.156. The SMILES string of the molecule is O=C(Nc1nc(-c2ccc3c(c2)OCCO3)cs1)C1COc2ccccc2O1. The van der Waals surface area contributed by atoms with Crippen molar-refractivity contribution in [2.75, 3.05) is 25.1 Å². The molecule has 3 aromatic rings. The van der Waals surface area contributed by atoms with Crippen LogP contribution in [0.4, 0.5) is 5.13 Å². The van der Waals surface area contributed by atoms with Gasteiger partial charge in [-0.05, 0) is 30.3 Å². The fourth-order valence-electron chi connectivity index (χ4n) is 3.00. The number of nitrogens with one attached hydrogen (secondary N) is 1. The predicted molar refractivity (Wildman–Crippen MR) is 104 cm³/mol. The van der Waals surface area contributed by atoms with Crippen molar-refractivity contribution in [1.82, 2.24) is 4.98 Å². The first kappa shape index (κ1) is 16.9. The molecule has 0 bridgehead atoms. The van der Waals surface area contributed by atoms with E-state index in [0.29, 0.717) is 35.6 Å². The standard InChI is InChI=1S/C20H16N2O5S/c23-19(18-10-26-14-3-1-2-4-16(14)27-18)22-20-21-13(11-28-20)12-5-6-15-17(9-12)25-8-7-24-15/h1-6,9,11,18H,7-8,10H2,(H,21,22,23). The van der Waals surface area contributed by atoms with Crippen molar-refractivity contribution < 1.29 is 23.7 Å². The Morgan fingerprint density at radius 2 is 1.79 bits per heavy atom. The molecule has 1 atom stereocenters. The van der Waals surface area contributed by atoms with E-state index in [1.807, 2.05) is 41.8 Å². The third-order valence-electron chi connectivity index (χ3n) is 4.37. The lowest BCUT2D eigenvalue weighted by Gasteiger charge is -2.25. The highest BCUT2D eigenvalue weighted by Gasteiger charge is 2.28. The summed E-state index contributed by atoms with van der Waals surface area (Å²) in [4.78, 5) is 17.0. The molecule has 0 aliphatic carbocycles. The number of hydrogen-bond acceptors (Lipinski definition) is 7. The Hall–Kier alpha value is -3.26. The van der Waals surface area contributed by atoms with E-state index in [9.17, 15) is 4.79 Å². The number of amides is 1. The average molecular weight is 396 g/mol. The number of ether oxygens (including phenoxy) is 4. The lowest BCUT2D eigenvalue weighted by Crippen LogP contribution is -2.40. The molecule has 0 fully saturated rings. The number of carbonyl (C=O) groups excluding carboxylic acids is 1. The van der Waals surface area contributed by atoms with Gasteiger partial charge in [0.15, 0.2) is 28.1 Å². The zero-order valence-electron chi connectivity index (χ0n) is 14.7. The zero-order chi connectivity index (χ0) is 18.9. The number of carbonyl (C=O) groups is 1. The van der Waals surface area contributed by atoms with Crippen LogP contribution in [0.2, 0.25) is 0 Å². The molecule has 0 spiro atoms. The van der Waals surface area contributed by atoms with Gasteiger partial charge in [-0.15, -0.1) is 11.3 Å². The summed E-state index contributed by atoms with van der Waals surface area (Å²) < 4.78 is 22.5. The normalized spacial score (nSPS) is 17.1. The largest absolute Gasteiger partial charge is 0.486 e. The highest BCUT2D eigenvalue weighted by Crippen LogP contribution is 2.35. The molecule has 1 N–H and O–H groups in total. The van der Waals surface area contributed by atoms with Crippen molar-refractivity contribution in [3.63, 3.8) is 0 Å². The first-order chi connectivity index (χ1) is 13.8. The molecular weight excluding hydrogens is 380 g/mol. The molecule has 0 radical (unpaired) electrons. The molecule has 142 valence electrons. The maximum absolute atomic E-state index is 12.5. The summed E-state index contributed by atoms with van der Waals surface area (Å²) in [6.45, 7) is 1.24. The third kappa shape index (κ3) is 3.22. The van der Waals surface area contributed by atoms with Gasteiger partial charge in [-0.3, -0.25) is 10.1 Å². The minimum Gasteiger partial charge on any atom is -0.486 e. The second-order valence-electron chi connectivity index (χ2n) is 6.25. The number of nitrogens with zero attached hydrogens (tertiary/aromatic N) is 1. The number of fused-ring (bicyclic) bond motifs is 2. The van der Waals surface area contributed by atoms with Gasteiger partial charge < -0.3 is 18.9 Å². The van der Waals surface area contributed by atoms with Gasteiger partial charge in [0.05, 0.1) is 5.69 Å². The minimum atomic E-state index is -0.725. The summed E-state index contributed by atoms with van der Waals surface area (Å²) in [5.41, 5.74) is 1.65. The highest BCUT2D eigenvalue weighted by atomic mass is 32.1. The molecule has 2 aromatic carbocycles. The van der Waals surface area contributed by atoms with Crippen LogP contribution in [-0.4, -0.2) is 36.8 Å². The number of benzene rings is 2. The van der Waals surface area contributed by atoms with E-state index in [0.717, 1.165) is 17.0 Å². The Bertz CT molecular complexity index is 1030. The first-order valence-electron chi connectivity index (χ1n) is 8.81. The van der Waals surface area contributed by atoms with Crippen LogP contribution in [0.5, 0.6) is 23.0 Å². The first-order valence-corrected chi connectivity index (χ1v) is 9.69. The van der Waals surface area contributed by atoms with E-state index in [2.05, 4.69) is 10.3 Å². The van der Waals surface area contributed by atoms with Crippen molar-refractivity contribution in [1.29, 1.82) is 0 Å². The molecule has 2 aliphatic rings. The van der Waals surface area contributed by atoms with Gasteiger partial charge in [0.2, 0.25) is 6.10 Å². The third-order valence-corrected chi connectivity index (χ3v) is 5.13. The van der Waals surface area contributed by atoms with Gasteiger partial charge in [-0.1, -0.05) is 12.1 Å². The molecular formula is C20H16N2O5S. The second kappa shape index (κ2) is 7.05. The smallest absolute Gasteiger partial charge is 0.270 e. The fourth-order valence-corrected chi connectivity index (χ4v) is 3.72. The quantitative estimate of drug-likeness (QED) is 0.731. The molecule has 1 amide bonds. The summed E-state index contributed by atoms with van der Waals surface area (Å²) in [6, 6.07) is 13.0. The van der Waals surface area contributed by atoms with Crippen molar-refractivity contribution in [3.05, 3.63) is 47.8 Å². The van der Waals surface area contributed by atoms with Crippen LogP contribution in [0.3, 0.4) is 0 Å². The summed E-state index contributed by atoms with van der Waals surface area (Å²) in [5, 5.41) is 5.18. The van der Waals surface area contributed by atoms with Crippen molar-refractivity contribution in [3.8, 4) is 34.3 Å². The van der Waals surface area contributed by atoms with Crippen LogP contribution < -0.4 is 24.3 Å². The van der Waals surface area contributed by atoms with Gasteiger partial charge in [0.25, 0.3) is 5.91 Å². The van der Waals surface area contributed by atoms with Gasteiger partial charge in [-0.2, -0.15) is 0 Å². The number of rotatable bonds is 3. The molecule has 0 saturated heterocycles. The number of aromatic nitrogens is 1. The molecule has 28 heavy (non-hydrogen) atoms. The van der Waals surface area contributed by atoms with Crippen LogP contribution in [0, 0.1) is 0 Å².